The maximum atomic E-state index is 12.8. The Hall–Kier alpha value is -1.41. The Morgan fingerprint density at radius 1 is 1.30 bits per heavy atom. The third kappa shape index (κ3) is 3.57. The van der Waals surface area contributed by atoms with Crippen LogP contribution < -0.4 is 5.32 Å². The van der Waals surface area contributed by atoms with Crippen molar-refractivity contribution in [3.8, 4) is 5.69 Å². The summed E-state index contributed by atoms with van der Waals surface area (Å²) in [5.41, 5.74) is 0.243. The molecular formula is C12H12BrF3N4. The van der Waals surface area contributed by atoms with Crippen molar-refractivity contribution in [2.75, 3.05) is 6.54 Å². The first-order valence-electron chi connectivity index (χ1n) is 5.90. The molecule has 0 amide bonds. The van der Waals surface area contributed by atoms with Gasteiger partial charge in [0.05, 0.1) is 23.1 Å². The van der Waals surface area contributed by atoms with Crippen molar-refractivity contribution < 1.29 is 13.2 Å². The minimum Gasteiger partial charge on any atom is -0.311 e. The van der Waals surface area contributed by atoms with Gasteiger partial charge in [-0.1, -0.05) is 28.1 Å². The van der Waals surface area contributed by atoms with Gasteiger partial charge in [-0.25, -0.2) is 4.68 Å². The fourth-order valence-electron chi connectivity index (χ4n) is 1.63. The predicted molar refractivity (Wildman–Crippen MR) is 71.4 cm³/mol. The Bertz CT molecular complexity index is 595. The van der Waals surface area contributed by atoms with Crippen molar-refractivity contribution in [2.45, 2.75) is 19.6 Å². The Kier molecular flexibility index (Phi) is 4.44. The van der Waals surface area contributed by atoms with Crippen LogP contribution in [-0.2, 0) is 12.7 Å². The minimum absolute atomic E-state index is 0.307. The van der Waals surface area contributed by atoms with Gasteiger partial charge >= 0.3 is 6.18 Å². The number of nitrogens with zero attached hydrogens (tertiary/aromatic N) is 3. The van der Waals surface area contributed by atoms with Crippen LogP contribution in [0.4, 0.5) is 13.2 Å². The molecule has 0 atom stereocenters. The summed E-state index contributed by atoms with van der Waals surface area (Å²) < 4.78 is 39.9. The van der Waals surface area contributed by atoms with E-state index < -0.39 is 11.7 Å². The highest BCUT2D eigenvalue weighted by atomic mass is 79.9. The van der Waals surface area contributed by atoms with E-state index in [9.17, 15) is 13.2 Å². The van der Waals surface area contributed by atoms with E-state index in [2.05, 4.69) is 31.6 Å². The first-order chi connectivity index (χ1) is 9.40. The van der Waals surface area contributed by atoms with Gasteiger partial charge in [0, 0.05) is 11.0 Å². The Balaban J connectivity index is 2.32. The van der Waals surface area contributed by atoms with Crippen molar-refractivity contribution in [3.63, 3.8) is 0 Å². The summed E-state index contributed by atoms with van der Waals surface area (Å²) in [6.45, 7) is 3.26. The standard InChI is InChI=1S/C12H12BrF3N4/c1-2-17-6-10-7-20(19-18-10)11-4-8(12(14,15)16)3-9(13)5-11/h3-5,7,17H,2,6H2,1H3. The Morgan fingerprint density at radius 3 is 2.70 bits per heavy atom. The van der Waals surface area contributed by atoms with Crippen LogP contribution in [0.15, 0.2) is 28.9 Å². The molecule has 0 fully saturated rings. The Labute approximate surface area is 122 Å². The minimum atomic E-state index is -4.40. The number of aromatic nitrogens is 3. The monoisotopic (exact) mass is 348 g/mol. The summed E-state index contributed by atoms with van der Waals surface area (Å²) in [6, 6.07) is 3.62. The molecule has 2 rings (SSSR count). The van der Waals surface area contributed by atoms with E-state index in [-0.39, 0.29) is 0 Å². The van der Waals surface area contributed by atoms with Crippen LogP contribution in [0.5, 0.6) is 0 Å². The second kappa shape index (κ2) is 5.92. The molecule has 0 spiro atoms. The van der Waals surface area contributed by atoms with E-state index in [1.165, 1.54) is 4.68 Å². The predicted octanol–water partition coefficient (Wildman–Crippen LogP) is 3.16. The Morgan fingerprint density at radius 2 is 2.05 bits per heavy atom. The summed E-state index contributed by atoms with van der Waals surface area (Å²) in [7, 11) is 0. The lowest BCUT2D eigenvalue weighted by Gasteiger charge is -2.09. The highest BCUT2D eigenvalue weighted by Crippen LogP contribution is 2.32. The first-order valence-corrected chi connectivity index (χ1v) is 6.69. The molecular weight excluding hydrogens is 337 g/mol. The number of hydrogen-bond donors (Lipinski definition) is 1. The van der Waals surface area contributed by atoms with Crippen molar-refractivity contribution in [3.05, 3.63) is 40.1 Å². The largest absolute Gasteiger partial charge is 0.416 e. The van der Waals surface area contributed by atoms with Crippen LogP contribution in [-0.4, -0.2) is 21.5 Å². The lowest BCUT2D eigenvalue weighted by atomic mass is 10.2. The van der Waals surface area contributed by atoms with Crippen LogP contribution in [0.3, 0.4) is 0 Å². The van der Waals surface area contributed by atoms with Gasteiger partial charge in [0.15, 0.2) is 0 Å². The molecule has 108 valence electrons. The molecule has 0 saturated heterocycles. The summed E-state index contributed by atoms with van der Waals surface area (Å²) >= 11 is 3.08. The molecule has 1 N–H and O–H groups in total. The van der Waals surface area contributed by atoms with E-state index >= 15 is 0 Å². The lowest BCUT2D eigenvalue weighted by molar-refractivity contribution is -0.137. The van der Waals surface area contributed by atoms with Gasteiger partial charge in [0.2, 0.25) is 0 Å². The molecule has 4 nitrogen and oxygen atoms in total. The third-order valence-corrected chi connectivity index (χ3v) is 3.03. The average molecular weight is 349 g/mol. The van der Waals surface area contributed by atoms with Crippen LogP contribution >= 0.6 is 15.9 Å². The van der Waals surface area contributed by atoms with Gasteiger partial charge in [0.25, 0.3) is 0 Å². The molecule has 8 heteroatoms. The molecule has 1 aromatic heterocycles. The van der Waals surface area contributed by atoms with Gasteiger partial charge in [-0.15, -0.1) is 5.10 Å². The van der Waals surface area contributed by atoms with Crippen LogP contribution in [0, 0.1) is 0 Å². The molecule has 0 aliphatic carbocycles. The number of halogens is 4. The normalized spacial score (nSPS) is 11.8. The molecule has 2 aromatic rings. The molecule has 0 aliphatic rings. The van der Waals surface area contributed by atoms with E-state index in [0.717, 1.165) is 18.7 Å². The zero-order chi connectivity index (χ0) is 14.8. The summed E-state index contributed by atoms with van der Waals surface area (Å²) in [6.07, 6.45) is -2.80. The first kappa shape index (κ1) is 15.0. The molecule has 0 bridgehead atoms. The molecule has 1 aromatic carbocycles. The second-order valence-corrected chi connectivity index (χ2v) is 5.05. The number of benzene rings is 1. The zero-order valence-corrected chi connectivity index (χ0v) is 12.2. The molecule has 0 aliphatic heterocycles. The molecule has 20 heavy (non-hydrogen) atoms. The topological polar surface area (TPSA) is 42.7 Å². The average Bonchev–Trinajstić information content (AvgIpc) is 2.83. The van der Waals surface area contributed by atoms with Gasteiger partial charge in [-0.3, -0.25) is 0 Å². The number of rotatable bonds is 4. The van der Waals surface area contributed by atoms with Crippen LogP contribution in [0.25, 0.3) is 5.69 Å². The summed E-state index contributed by atoms with van der Waals surface area (Å²) in [5, 5.41) is 10.8. The van der Waals surface area contributed by atoms with Crippen molar-refractivity contribution in [1.82, 2.24) is 20.3 Å². The van der Waals surface area contributed by atoms with E-state index in [1.54, 1.807) is 12.3 Å². The SMILES string of the molecule is CCNCc1cn(-c2cc(Br)cc(C(F)(F)F)c2)nn1. The molecule has 0 unspecified atom stereocenters. The number of hydrogen-bond acceptors (Lipinski definition) is 3. The fraction of sp³-hybridized carbons (Fsp3) is 0.333. The van der Waals surface area contributed by atoms with E-state index in [4.69, 9.17) is 0 Å². The van der Waals surface area contributed by atoms with E-state index in [1.807, 2.05) is 6.92 Å². The smallest absolute Gasteiger partial charge is 0.311 e. The maximum Gasteiger partial charge on any atom is 0.416 e. The number of nitrogens with one attached hydrogen (secondary N) is 1. The van der Waals surface area contributed by atoms with Gasteiger partial charge in [0.1, 0.15) is 0 Å². The quantitative estimate of drug-likeness (QED) is 0.922. The van der Waals surface area contributed by atoms with E-state index in [0.29, 0.717) is 22.4 Å². The summed E-state index contributed by atoms with van der Waals surface area (Å²) in [4.78, 5) is 0. The molecule has 0 saturated carbocycles. The van der Waals surface area contributed by atoms with Crippen molar-refractivity contribution in [1.29, 1.82) is 0 Å². The molecule has 0 radical (unpaired) electrons. The highest BCUT2D eigenvalue weighted by Gasteiger charge is 2.31. The maximum absolute atomic E-state index is 12.8. The fourth-order valence-corrected chi connectivity index (χ4v) is 2.11. The van der Waals surface area contributed by atoms with Gasteiger partial charge < -0.3 is 5.32 Å². The third-order valence-electron chi connectivity index (χ3n) is 2.57. The van der Waals surface area contributed by atoms with Crippen LogP contribution in [0.1, 0.15) is 18.2 Å². The van der Waals surface area contributed by atoms with Crippen molar-refractivity contribution >= 4 is 15.9 Å². The van der Waals surface area contributed by atoms with Gasteiger partial charge in [-0.2, -0.15) is 13.2 Å². The zero-order valence-electron chi connectivity index (χ0n) is 10.6. The molecule has 1 heterocycles. The second-order valence-electron chi connectivity index (χ2n) is 4.13. The number of alkyl halides is 3. The van der Waals surface area contributed by atoms with Crippen LogP contribution in [0.2, 0.25) is 0 Å². The highest BCUT2D eigenvalue weighted by molar-refractivity contribution is 9.10. The summed E-state index contributed by atoms with van der Waals surface area (Å²) in [5.74, 6) is 0. The van der Waals surface area contributed by atoms with Crippen molar-refractivity contribution in [2.24, 2.45) is 0 Å². The lowest BCUT2D eigenvalue weighted by Crippen LogP contribution is -2.11. The van der Waals surface area contributed by atoms with Gasteiger partial charge in [-0.05, 0) is 24.7 Å².